The van der Waals surface area contributed by atoms with Gasteiger partial charge in [-0.1, -0.05) is 217 Å². The summed E-state index contributed by atoms with van der Waals surface area (Å²) in [7, 11) is 0. The number of hydrogen-bond acceptors (Lipinski definition) is 3. The Labute approximate surface area is 446 Å². The van der Waals surface area contributed by atoms with Crippen molar-refractivity contribution in [1.82, 2.24) is 0 Å². The Morgan fingerprint density at radius 3 is 1.07 bits per heavy atom. The number of para-hydroxylation sites is 1. The van der Waals surface area contributed by atoms with E-state index in [0.29, 0.717) is 0 Å². The third-order valence-corrected chi connectivity index (χ3v) is 15.6. The van der Waals surface area contributed by atoms with Gasteiger partial charge in [0.2, 0.25) is 0 Å². The van der Waals surface area contributed by atoms with Crippen molar-refractivity contribution >= 4 is 56.1 Å². The van der Waals surface area contributed by atoms with Crippen molar-refractivity contribution in [2.75, 3.05) is 9.80 Å². The third-order valence-electron chi connectivity index (χ3n) is 15.6. The molecule has 0 amide bonds. The van der Waals surface area contributed by atoms with E-state index in [-0.39, 0.29) is 21.7 Å². The van der Waals surface area contributed by atoms with Crippen LogP contribution in [0.5, 0.6) is 0 Å². The second kappa shape index (κ2) is 18.6. The van der Waals surface area contributed by atoms with Crippen LogP contribution in [0.1, 0.15) is 128 Å². The van der Waals surface area contributed by atoms with Gasteiger partial charge in [-0.15, -0.1) is 0 Å². The maximum atomic E-state index is 7.83. The lowest BCUT2D eigenvalue weighted by Crippen LogP contribution is -2.15. The van der Waals surface area contributed by atoms with Crippen molar-refractivity contribution in [3.05, 3.63) is 239 Å². The largest absolute Gasteiger partial charge is 0.452 e. The van der Waals surface area contributed by atoms with Gasteiger partial charge in [0, 0.05) is 33.5 Å². The highest BCUT2D eigenvalue weighted by molar-refractivity contribution is 6.20. The van der Waals surface area contributed by atoms with E-state index in [0.717, 1.165) is 68.9 Å². The molecule has 0 atom stereocenters. The molecule has 0 aliphatic heterocycles. The average molecular weight is 981 g/mol. The second-order valence-electron chi connectivity index (χ2n) is 25.1. The first-order valence-electron chi connectivity index (χ1n) is 27.0. The molecular weight excluding hydrogens is 909 g/mol. The second-order valence-corrected chi connectivity index (χ2v) is 25.1. The van der Waals surface area contributed by atoms with Crippen LogP contribution in [0.3, 0.4) is 0 Å². The van der Waals surface area contributed by atoms with Crippen molar-refractivity contribution in [3.8, 4) is 22.3 Å². The van der Waals surface area contributed by atoms with Crippen LogP contribution in [0.2, 0.25) is 0 Å². The molecule has 376 valence electrons. The lowest BCUT2D eigenvalue weighted by atomic mass is 9.82. The molecule has 1 heterocycles. The highest BCUT2D eigenvalue weighted by Gasteiger charge is 2.31. The lowest BCUT2D eigenvalue weighted by molar-refractivity contribution is 0.590. The Kier molecular flexibility index (Phi) is 12.3. The van der Waals surface area contributed by atoms with E-state index in [1.807, 2.05) is 0 Å². The molecule has 1 aliphatic rings. The number of benzene rings is 9. The van der Waals surface area contributed by atoms with Gasteiger partial charge >= 0.3 is 0 Å². The number of fused-ring (bicyclic) bond motifs is 10. The summed E-state index contributed by atoms with van der Waals surface area (Å²) in [6, 6.07) is 73.1. The van der Waals surface area contributed by atoms with E-state index in [2.05, 4.69) is 287 Å². The zero-order valence-electron chi connectivity index (χ0n) is 46.2. The SMILES string of the molecule is CC(C)(C)c1ccc(N(c2ccc(C(C)(C)C)cc2)c2cccc3c2oc2c(N(c4ccc(C(C)(C)C)cc4)c4ccc(C(C)(C)C)cc4)cc4c(c23)-c2ccccc2Cc2ccccc2-c2ccccc2C4)cc1. The summed E-state index contributed by atoms with van der Waals surface area (Å²) in [5, 5.41) is 2.20. The van der Waals surface area contributed by atoms with Crippen LogP contribution in [-0.4, -0.2) is 0 Å². The zero-order valence-corrected chi connectivity index (χ0v) is 46.2. The molecule has 0 saturated carbocycles. The van der Waals surface area contributed by atoms with Gasteiger partial charge in [-0.2, -0.15) is 0 Å². The Balaban J connectivity index is 1.27. The molecule has 3 heteroatoms. The molecule has 75 heavy (non-hydrogen) atoms. The number of hydrogen-bond donors (Lipinski definition) is 0. The van der Waals surface area contributed by atoms with Crippen LogP contribution in [-0.2, 0) is 34.5 Å². The summed E-state index contributed by atoms with van der Waals surface area (Å²) < 4.78 is 7.83. The maximum Gasteiger partial charge on any atom is 0.160 e. The average Bonchev–Trinajstić information content (AvgIpc) is 3.87. The molecule has 10 aromatic rings. The van der Waals surface area contributed by atoms with E-state index in [4.69, 9.17) is 4.42 Å². The summed E-state index contributed by atoms with van der Waals surface area (Å²) in [6.07, 6.45) is 1.51. The van der Waals surface area contributed by atoms with Gasteiger partial charge in [-0.05, 0) is 162 Å². The standard InChI is InChI=1S/C72H72N2O/c1-69(2,3)51-28-36-55(37-29-51)73(56-38-30-52(31-39-56)70(4,5)6)63-27-19-26-62-66-65-50(45-48-21-14-17-24-60(48)59-23-16-13-20-47(59)44-49-22-15-18-25-61(49)65)46-64(68(66)75-67(62)63)74(57-40-32-53(33-41-57)71(7,8)9)58-42-34-54(35-43-58)72(10,11)12/h13-43,46H,44-45H2,1-12H3. The van der Waals surface area contributed by atoms with E-state index < -0.39 is 0 Å². The fourth-order valence-corrected chi connectivity index (χ4v) is 11.3. The summed E-state index contributed by atoms with van der Waals surface area (Å²) in [5.41, 5.74) is 23.3. The van der Waals surface area contributed by atoms with Crippen molar-refractivity contribution in [1.29, 1.82) is 0 Å². The van der Waals surface area contributed by atoms with Gasteiger partial charge in [0.25, 0.3) is 0 Å². The van der Waals surface area contributed by atoms with E-state index >= 15 is 0 Å². The molecule has 1 aromatic heterocycles. The van der Waals surface area contributed by atoms with Crippen LogP contribution in [0.15, 0.2) is 199 Å². The molecule has 0 spiro atoms. The summed E-state index contributed by atoms with van der Waals surface area (Å²) >= 11 is 0. The molecule has 1 aliphatic carbocycles. The van der Waals surface area contributed by atoms with Gasteiger partial charge in [-0.3, -0.25) is 0 Å². The normalized spacial score (nSPS) is 13.0. The summed E-state index contributed by atoms with van der Waals surface area (Å²) in [5.74, 6) is 0. The molecule has 3 nitrogen and oxygen atoms in total. The van der Waals surface area contributed by atoms with Gasteiger partial charge in [0.05, 0.1) is 11.4 Å². The predicted octanol–water partition coefficient (Wildman–Crippen LogP) is 20.5. The lowest BCUT2D eigenvalue weighted by Gasteiger charge is -2.29. The minimum absolute atomic E-state index is 0.00629. The first-order valence-corrected chi connectivity index (χ1v) is 27.0. The smallest absolute Gasteiger partial charge is 0.160 e. The Bertz CT molecular complexity index is 3600. The first kappa shape index (κ1) is 49.6. The summed E-state index contributed by atoms with van der Waals surface area (Å²) in [6.45, 7) is 27.4. The van der Waals surface area contributed by atoms with Gasteiger partial charge in [0.1, 0.15) is 0 Å². The first-order chi connectivity index (χ1) is 35.7. The number of rotatable bonds is 6. The van der Waals surface area contributed by atoms with Gasteiger partial charge < -0.3 is 14.2 Å². The van der Waals surface area contributed by atoms with Crippen molar-refractivity contribution in [2.45, 2.75) is 118 Å². The molecule has 0 radical (unpaired) electrons. The summed E-state index contributed by atoms with van der Waals surface area (Å²) in [4.78, 5) is 4.85. The highest BCUT2D eigenvalue weighted by Crippen LogP contribution is 2.52. The monoisotopic (exact) mass is 981 g/mol. The topological polar surface area (TPSA) is 19.6 Å². The molecule has 11 rings (SSSR count). The van der Waals surface area contributed by atoms with Crippen LogP contribution in [0.4, 0.5) is 34.1 Å². The van der Waals surface area contributed by atoms with Gasteiger partial charge in [0.15, 0.2) is 11.2 Å². The van der Waals surface area contributed by atoms with E-state index in [1.54, 1.807) is 0 Å². The van der Waals surface area contributed by atoms with E-state index in [9.17, 15) is 0 Å². The van der Waals surface area contributed by atoms with Gasteiger partial charge in [-0.25, -0.2) is 0 Å². The molecule has 9 aromatic carbocycles. The molecule has 0 saturated heterocycles. The molecular formula is C72H72N2O. The van der Waals surface area contributed by atoms with E-state index in [1.165, 1.54) is 66.8 Å². The highest BCUT2D eigenvalue weighted by atomic mass is 16.3. The fourth-order valence-electron chi connectivity index (χ4n) is 11.3. The van der Waals surface area contributed by atoms with Crippen LogP contribution in [0, 0.1) is 0 Å². The minimum atomic E-state index is -0.00860. The Morgan fingerprint density at radius 1 is 0.320 bits per heavy atom. The van der Waals surface area contributed by atoms with Crippen LogP contribution >= 0.6 is 0 Å². The van der Waals surface area contributed by atoms with Crippen molar-refractivity contribution < 1.29 is 4.42 Å². The van der Waals surface area contributed by atoms with Crippen LogP contribution in [0.25, 0.3) is 44.2 Å². The molecule has 0 bridgehead atoms. The van der Waals surface area contributed by atoms with Crippen LogP contribution < -0.4 is 9.80 Å². The zero-order chi connectivity index (χ0) is 52.6. The maximum absolute atomic E-state index is 7.83. The number of anilines is 6. The number of nitrogens with zero attached hydrogens (tertiary/aromatic N) is 2. The Morgan fingerprint density at radius 2 is 0.667 bits per heavy atom. The quantitative estimate of drug-likeness (QED) is 0.166. The molecule has 0 N–H and O–H groups in total. The third kappa shape index (κ3) is 9.37. The molecule has 0 unspecified atom stereocenters. The minimum Gasteiger partial charge on any atom is -0.452 e. The van der Waals surface area contributed by atoms with Crippen molar-refractivity contribution in [2.24, 2.45) is 0 Å². The fraction of sp³-hybridized carbons (Fsp3) is 0.250. The van der Waals surface area contributed by atoms with Crippen molar-refractivity contribution in [3.63, 3.8) is 0 Å². The predicted molar refractivity (Wildman–Crippen MR) is 321 cm³/mol. The number of furan rings is 1. The molecule has 0 fully saturated rings. The Hall–Kier alpha value is -7.62.